The molecule has 0 atom stereocenters. The lowest BCUT2D eigenvalue weighted by molar-refractivity contribution is 0.472. The van der Waals surface area contributed by atoms with Gasteiger partial charge < -0.3 is 10.6 Å². The van der Waals surface area contributed by atoms with Crippen molar-refractivity contribution >= 4 is 17.3 Å². The van der Waals surface area contributed by atoms with Gasteiger partial charge in [0, 0.05) is 13.1 Å². The van der Waals surface area contributed by atoms with Crippen molar-refractivity contribution in [3.8, 4) is 0 Å². The molecule has 0 spiro atoms. The molecular formula is C7H9ClN4O. The van der Waals surface area contributed by atoms with Gasteiger partial charge >= 0.3 is 0 Å². The van der Waals surface area contributed by atoms with E-state index in [1.807, 2.05) is 0 Å². The standard InChI is InChI=1S/C7H9ClN4O/c8-6-5(3-10-12-7(6)13)11-4-1-9-2-4/h3-4,9H,1-2H2,(H2,11,12,13). The molecule has 2 rings (SSSR count). The molecule has 0 bridgehead atoms. The summed E-state index contributed by atoms with van der Waals surface area (Å²) in [7, 11) is 0. The number of halogens is 1. The first-order valence-corrected chi connectivity index (χ1v) is 4.35. The van der Waals surface area contributed by atoms with Gasteiger partial charge in [-0.2, -0.15) is 5.10 Å². The molecule has 1 aromatic rings. The summed E-state index contributed by atoms with van der Waals surface area (Å²) in [6.07, 6.45) is 1.52. The SMILES string of the molecule is O=c1[nH]ncc(NC2CNC2)c1Cl. The van der Waals surface area contributed by atoms with E-state index in [9.17, 15) is 4.79 Å². The van der Waals surface area contributed by atoms with Crippen LogP contribution in [0.5, 0.6) is 0 Å². The van der Waals surface area contributed by atoms with Crippen LogP contribution in [0.4, 0.5) is 5.69 Å². The second-order valence-corrected chi connectivity index (χ2v) is 3.30. The molecule has 0 amide bonds. The summed E-state index contributed by atoms with van der Waals surface area (Å²) in [4.78, 5) is 11.0. The van der Waals surface area contributed by atoms with E-state index < -0.39 is 0 Å². The van der Waals surface area contributed by atoms with Crippen molar-refractivity contribution in [2.75, 3.05) is 18.4 Å². The molecule has 2 heterocycles. The Morgan fingerprint density at radius 3 is 3.00 bits per heavy atom. The second kappa shape index (κ2) is 3.35. The fourth-order valence-corrected chi connectivity index (χ4v) is 1.24. The first kappa shape index (κ1) is 8.52. The van der Waals surface area contributed by atoms with Gasteiger partial charge in [-0.25, -0.2) is 5.10 Å². The van der Waals surface area contributed by atoms with Crippen LogP contribution >= 0.6 is 11.6 Å². The maximum Gasteiger partial charge on any atom is 0.285 e. The average molecular weight is 201 g/mol. The lowest BCUT2D eigenvalue weighted by atomic mass is 10.2. The van der Waals surface area contributed by atoms with E-state index in [1.165, 1.54) is 6.20 Å². The summed E-state index contributed by atoms with van der Waals surface area (Å²) < 4.78 is 0. The monoisotopic (exact) mass is 200 g/mol. The Morgan fingerprint density at radius 1 is 1.62 bits per heavy atom. The van der Waals surface area contributed by atoms with Gasteiger partial charge in [0.1, 0.15) is 5.02 Å². The Bertz CT molecular complexity index is 360. The number of anilines is 1. The van der Waals surface area contributed by atoms with Crippen LogP contribution < -0.4 is 16.2 Å². The highest BCUT2D eigenvalue weighted by Crippen LogP contribution is 2.16. The van der Waals surface area contributed by atoms with Crippen molar-refractivity contribution in [1.82, 2.24) is 15.5 Å². The van der Waals surface area contributed by atoms with Gasteiger partial charge in [-0.1, -0.05) is 11.6 Å². The smallest absolute Gasteiger partial charge is 0.285 e. The van der Waals surface area contributed by atoms with E-state index >= 15 is 0 Å². The van der Waals surface area contributed by atoms with Crippen molar-refractivity contribution in [2.24, 2.45) is 0 Å². The quantitative estimate of drug-likeness (QED) is 0.619. The number of rotatable bonds is 2. The van der Waals surface area contributed by atoms with Crippen molar-refractivity contribution in [3.63, 3.8) is 0 Å². The van der Waals surface area contributed by atoms with E-state index in [-0.39, 0.29) is 10.6 Å². The molecule has 1 saturated heterocycles. The van der Waals surface area contributed by atoms with Gasteiger partial charge in [-0.3, -0.25) is 4.79 Å². The highest BCUT2D eigenvalue weighted by Gasteiger charge is 2.17. The van der Waals surface area contributed by atoms with Crippen LogP contribution in [0.3, 0.4) is 0 Å². The summed E-state index contributed by atoms with van der Waals surface area (Å²) in [5, 5.41) is 12.3. The van der Waals surface area contributed by atoms with Gasteiger partial charge in [0.05, 0.1) is 17.9 Å². The maximum atomic E-state index is 11.0. The first-order valence-electron chi connectivity index (χ1n) is 3.98. The third-order valence-electron chi connectivity index (χ3n) is 1.94. The number of nitrogens with zero attached hydrogens (tertiary/aromatic N) is 1. The maximum absolute atomic E-state index is 11.0. The van der Waals surface area contributed by atoms with Crippen LogP contribution in [0.25, 0.3) is 0 Å². The van der Waals surface area contributed by atoms with Crippen LogP contribution in [0, 0.1) is 0 Å². The number of aromatic nitrogens is 2. The highest BCUT2D eigenvalue weighted by molar-refractivity contribution is 6.32. The molecule has 1 aliphatic heterocycles. The summed E-state index contributed by atoms with van der Waals surface area (Å²) in [5.41, 5.74) is 0.232. The number of hydrogen-bond donors (Lipinski definition) is 3. The van der Waals surface area contributed by atoms with Crippen LogP contribution in [-0.4, -0.2) is 29.3 Å². The third-order valence-corrected chi connectivity index (χ3v) is 2.31. The average Bonchev–Trinajstić information content (AvgIpc) is 2.04. The lowest BCUT2D eigenvalue weighted by Gasteiger charge is -2.28. The predicted molar refractivity (Wildman–Crippen MR) is 50.1 cm³/mol. The van der Waals surface area contributed by atoms with Crippen molar-refractivity contribution in [1.29, 1.82) is 0 Å². The molecule has 6 heteroatoms. The zero-order chi connectivity index (χ0) is 9.26. The molecule has 70 valence electrons. The predicted octanol–water partition coefficient (Wildman–Crippen LogP) is -0.193. The lowest BCUT2D eigenvalue weighted by Crippen LogP contribution is -2.51. The third kappa shape index (κ3) is 1.66. The van der Waals surface area contributed by atoms with E-state index in [0.717, 1.165) is 13.1 Å². The fraction of sp³-hybridized carbons (Fsp3) is 0.429. The molecule has 0 radical (unpaired) electrons. The highest BCUT2D eigenvalue weighted by atomic mass is 35.5. The Kier molecular flexibility index (Phi) is 2.20. The van der Waals surface area contributed by atoms with Crippen LogP contribution in [0.15, 0.2) is 11.0 Å². The fourth-order valence-electron chi connectivity index (χ4n) is 1.09. The second-order valence-electron chi connectivity index (χ2n) is 2.93. The molecule has 13 heavy (non-hydrogen) atoms. The topological polar surface area (TPSA) is 69.8 Å². The molecule has 0 aliphatic carbocycles. The molecule has 3 N–H and O–H groups in total. The molecule has 1 fully saturated rings. The zero-order valence-electron chi connectivity index (χ0n) is 6.80. The molecule has 1 aromatic heterocycles. The zero-order valence-corrected chi connectivity index (χ0v) is 7.56. The summed E-state index contributed by atoms with van der Waals surface area (Å²) >= 11 is 5.75. The molecule has 5 nitrogen and oxygen atoms in total. The van der Waals surface area contributed by atoms with Gasteiger partial charge in [0.2, 0.25) is 0 Å². The Balaban J connectivity index is 2.19. The minimum absolute atomic E-state index is 0.168. The van der Waals surface area contributed by atoms with Crippen LogP contribution in [0.2, 0.25) is 5.02 Å². The number of aromatic amines is 1. The molecule has 0 aromatic carbocycles. The van der Waals surface area contributed by atoms with Gasteiger partial charge in [0.15, 0.2) is 0 Å². The van der Waals surface area contributed by atoms with Crippen LogP contribution in [0.1, 0.15) is 0 Å². The van der Waals surface area contributed by atoms with Crippen LogP contribution in [-0.2, 0) is 0 Å². The number of H-pyrrole nitrogens is 1. The van der Waals surface area contributed by atoms with Crippen molar-refractivity contribution in [3.05, 3.63) is 21.6 Å². The molecule has 0 unspecified atom stereocenters. The first-order chi connectivity index (χ1) is 6.27. The summed E-state index contributed by atoms with van der Waals surface area (Å²) in [6, 6.07) is 0.348. The van der Waals surface area contributed by atoms with E-state index in [1.54, 1.807) is 0 Å². The van der Waals surface area contributed by atoms with Gasteiger partial charge in [0.25, 0.3) is 5.56 Å². The van der Waals surface area contributed by atoms with E-state index in [2.05, 4.69) is 20.8 Å². The number of hydrogen-bond acceptors (Lipinski definition) is 4. The van der Waals surface area contributed by atoms with Gasteiger partial charge in [-0.15, -0.1) is 0 Å². The number of nitrogens with one attached hydrogen (secondary N) is 3. The Morgan fingerprint density at radius 2 is 2.38 bits per heavy atom. The largest absolute Gasteiger partial charge is 0.377 e. The minimum Gasteiger partial charge on any atom is -0.377 e. The molecule has 1 aliphatic rings. The van der Waals surface area contributed by atoms with E-state index in [0.29, 0.717) is 11.7 Å². The normalized spacial score (nSPS) is 16.7. The van der Waals surface area contributed by atoms with Gasteiger partial charge in [-0.05, 0) is 0 Å². The van der Waals surface area contributed by atoms with Crippen molar-refractivity contribution in [2.45, 2.75) is 6.04 Å². The molecular weight excluding hydrogens is 192 g/mol. The molecule has 0 saturated carbocycles. The Labute approximate surface area is 79.5 Å². The summed E-state index contributed by atoms with van der Waals surface area (Å²) in [5.74, 6) is 0. The van der Waals surface area contributed by atoms with E-state index in [4.69, 9.17) is 11.6 Å². The minimum atomic E-state index is -0.362. The summed E-state index contributed by atoms with van der Waals surface area (Å²) in [6.45, 7) is 1.78. The Hall–Kier alpha value is -1.07. The van der Waals surface area contributed by atoms with Crippen molar-refractivity contribution < 1.29 is 0 Å².